The Morgan fingerprint density at radius 1 is 0.733 bits per heavy atom. The minimum absolute atomic E-state index is 1.24. The fraction of sp³-hybridized carbons (Fsp3) is 0.600. The van der Waals surface area contributed by atoms with E-state index in [0.29, 0.717) is 0 Å². The Balaban J connectivity index is 4.59. The lowest BCUT2D eigenvalue weighted by Gasteiger charge is -2.17. The first-order valence-electron chi connectivity index (χ1n) is 4.69. The largest absolute Gasteiger partial charge is 0.378 e. The maximum atomic E-state index is 6.38. The molecule has 0 unspecified atom stereocenters. The zero-order valence-corrected chi connectivity index (χ0v) is 14.2. The van der Waals surface area contributed by atoms with Gasteiger partial charge >= 0.3 is 4.99 Å². The minimum Gasteiger partial charge on any atom is -0.119 e. The van der Waals surface area contributed by atoms with E-state index in [9.17, 15) is 0 Å². The molecule has 0 saturated heterocycles. The molecule has 0 aliphatic heterocycles. The van der Waals surface area contributed by atoms with Crippen LogP contribution in [0.1, 0.15) is 41.5 Å². The molecule has 0 nitrogen and oxygen atoms in total. The number of allylic oxidation sites excluding steroid dienone is 4. The van der Waals surface area contributed by atoms with Gasteiger partial charge < -0.3 is 0 Å². The SMILES string of the molecule is CC(C)=C(C)S[Si](Cl)(Cl)SC(C)=C(C)C. The number of hydrogen-bond acceptors (Lipinski definition) is 2. The quantitative estimate of drug-likeness (QED) is 0.462. The molecular formula is C10H18Cl2S2Si. The Morgan fingerprint density at radius 3 is 1.20 bits per heavy atom. The summed E-state index contributed by atoms with van der Waals surface area (Å²) in [6.45, 7) is 12.5. The van der Waals surface area contributed by atoms with Crippen LogP contribution in [-0.2, 0) is 0 Å². The Hall–Kier alpha value is 0.977. The lowest BCUT2D eigenvalue weighted by Crippen LogP contribution is -2.08. The van der Waals surface area contributed by atoms with Crippen molar-refractivity contribution in [2.45, 2.75) is 41.5 Å². The van der Waals surface area contributed by atoms with Crippen molar-refractivity contribution in [1.29, 1.82) is 0 Å². The van der Waals surface area contributed by atoms with Crippen LogP contribution < -0.4 is 0 Å². The van der Waals surface area contributed by atoms with Gasteiger partial charge in [-0.15, -0.1) is 44.6 Å². The summed E-state index contributed by atoms with van der Waals surface area (Å²) in [7, 11) is 0. The molecule has 0 saturated carbocycles. The van der Waals surface area contributed by atoms with Crippen molar-refractivity contribution >= 4 is 49.6 Å². The lowest BCUT2D eigenvalue weighted by atomic mass is 10.3. The first-order valence-corrected chi connectivity index (χ1v) is 11.8. The molecule has 0 radical (unpaired) electrons. The fourth-order valence-electron chi connectivity index (χ4n) is 0.581. The third-order valence-corrected chi connectivity index (χ3v) is 11.4. The maximum absolute atomic E-state index is 6.38. The van der Waals surface area contributed by atoms with Gasteiger partial charge in [-0.3, -0.25) is 0 Å². The molecule has 88 valence electrons. The van der Waals surface area contributed by atoms with Crippen LogP contribution in [0.25, 0.3) is 0 Å². The third kappa shape index (κ3) is 7.00. The van der Waals surface area contributed by atoms with Crippen LogP contribution in [0.3, 0.4) is 0 Å². The second-order valence-corrected chi connectivity index (χ2v) is 18.7. The van der Waals surface area contributed by atoms with Crippen LogP contribution in [0, 0.1) is 0 Å². The smallest absolute Gasteiger partial charge is 0.119 e. The van der Waals surface area contributed by atoms with Crippen molar-refractivity contribution in [3.8, 4) is 0 Å². The maximum Gasteiger partial charge on any atom is 0.378 e. The van der Waals surface area contributed by atoms with Crippen LogP contribution >= 0.6 is 44.6 Å². The van der Waals surface area contributed by atoms with E-state index in [1.54, 1.807) is 22.4 Å². The topological polar surface area (TPSA) is 0 Å². The van der Waals surface area contributed by atoms with Crippen molar-refractivity contribution in [3.05, 3.63) is 21.0 Å². The molecule has 5 heteroatoms. The van der Waals surface area contributed by atoms with Crippen molar-refractivity contribution in [1.82, 2.24) is 0 Å². The van der Waals surface area contributed by atoms with E-state index in [-0.39, 0.29) is 0 Å². The Morgan fingerprint density at radius 2 is 1.00 bits per heavy atom. The van der Waals surface area contributed by atoms with Crippen LogP contribution in [0.15, 0.2) is 21.0 Å². The predicted octanol–water partition coefficient (Wildman–Crippen LogP) is 5.99. The van der Waals surface area contributed by atoms with Gasteiger partial charge in [0.05, 0.1) is 0 Å². The monoisotopic (exact) mass is 300 g/mol. The molecule has 0 spiro atoms. The molecule has 0 aromatic rings. The van der Waals surface area contributed by atoms with Crippen molar-refractivity contribution in [2.24, 2.45) is 0 Å². The average molecular weight is 301 g/mol. The highest BCUT2D eigenvalue weighted by molar-refractivity contribution is 8.69. The lowest BCUT2D eigenvalue weighted by molar-refractivity contribution is 1.35. The fourth-order valence-corrected chi connectivity index (χ4v) is 12.0. The summed E-state index contributed by atoms with van der Waals surface area (Å²) in [6, 6.07) is 0. The van der Waals surface area contributed by atoms with Gasteiger partial charge in [-0.25, -0.2) is 0 Å². The first kappa shape index (κ1) is 16.0. The van der Waals surface area contributed by atoms with Crippen LogP contribution in [0.2, 0.25) is 0 Å². The summed E-state index contributed by atoms with van der Waals surface area (Å²) in [4.78, 5) is 0.181. The third-order valence-electron chi connectivity index (χ3n) is 1.95. The molecule has 0 aromatic heterocycles. The molecule has 15 heavy (non-hydrogen) atoms. The van der Waals surface area contributed by atoms with Crippen molar-refractivity contribution < 1.29 is 0 Å². The highest BCUT2D eigenvalue weighted by Gasteiger charge is 2.32. The number of rotatable bonds is 4. The zero-order valence-electron chi connectivity index (χ0n) is 10.1. The van der Waals surface area contributed by atoms with Gasteiger partial charge in [-0.2, -0.15) is 0 Å². The molecule has 0 aromatic carbocycles. The van der Waals surface area contributed by atoms with Gasteiger partial charge in [-0.05, 0) is 51.4 Å². The summed E-state index contributed by atoms with van der Waals surface area (Å²) in [5, 5.41) is 0. The highest BCUT2D eigenvalue weighted by atomic mass is 35.7. The normalized spacial score (nSPS) is 11.2. The summed E-state index contributed by atoms with van der Waals surface area (Å²) >= 11 is 16.0. The van der Waals surface area contributed by atoms with Gasteiger partial charge in [0.1, 0.15) is 0 Å². The van der Waals surface area contributed by atoms with Gasteiger partial charge in [0, 0.05) is 0 Å². The van der Waals surface area contributed by atoms with Crippen LogP contribution in [0.5, 0.6) is 0 Å². The van der Waals surface area contributed by atoms with E-state index in [2.05, 4.69) is 41.5 Å². The average Bonchev–Trinajstić information content (AvgIpc) is 2.01. The van der Waals surface area contributed by atoms with Crippen molar-refractivity contribution in [3.63, 3.8) is 0 Å². The zero-order chi connectivity index (χ0) is 12.2. The highest BCUT2D eigenvalue weighted by Crippen LogP contribution is 2.47. The second kappa shape index (κ2) is 6.65. The van der Waals surface area contributed by atoms with Crippen molar-refractivity contribution in [2.75, 3.05) is 0 Å². The molecule has 0 heterocycles. The predicted molar refractivity (Wildman–Crippen MR) is 80.7 cm³/mol. The van der Waals surface area contributed by atoms with E-state index in [1.807, 2.05) is 0 Å². The van der Waals surface area contributed by atoms with E-state index < -0.39 is 4.99 Å². The molecule has 0 aliphatic rings. The summed E-state index contributed by atoms with van der Waals surface area (Å²) in [5.74, 6) is 0. The first-order chi connectivity index (χ1) is 6.65. The van der Waals surface area contributed by atoms with E-state index in [4.69, 9.17) is 22.2 Å². The number of halogens is 2. The Kier molecular flexibility index (Phi) is 7.08. The molecular weight excluding hydrogens is 283 g/mol. The van der Waals surface area contributed by atoms with E-state index >= 15 is 0 Å². The van der Waals surface area contributed by atoms with E-state index in [1.165, 1.54) is 21.0 Å². The standard InChI is InChI=1S/C10H18Cl2S2Si/c1-7(2)9(5)13-15(11,12)14-10(6)8(3)4/h1-6H3. The molecule has 0 rings (SSSR count). The van der Waals surface area contributed by atoms with E-state index in [0.717, 1.165) is 0 Å². The summed E-state index contributed by atoms with van der Waals surface area (Å²) in [6.07, 6.45) is 0. The van der Waals surface area contributed by atoms with Gasteiger partial charge in [0.25, 0.3) is 0 Å². The molecule has 0 aliphatic carbocycles. The molecule has 0 fully saturated rings. The summed E-state index contributed by atoms with van der Waals surface area (Å²) < 4.78 is 0. The molecule has 0 bridgehead atoms. The second-order valence-electron chi connectivity index (χ2n) is 3.78. The van der Waals surface area contributed by atoms with Gasteiger partial charge in [0.15, 0.2) is 0 Å². The number of hydrogen-bond donors (Lipinski definition) is 0. The summed E-state index contributed by atoms with van der Waals surface area (Å²) in [5.41, 5.74) is 2.57. The molecule has 0 amide bonds. The molecule has 0 N–H and O–H groups in total. The minimum atomic E-state index is -2.29. The van der Waals surface area contributed by atoms with Gasteiger partial charge in [-0.1, -0.05) is 11.1 Å². The Bertz CT molecular complexity index is 260. The van der Waals surface area contributed by atoms with Crippen LogP contribution in [-0.4, -0.2) is 4.99 Å². The van der Waals surface area contributed by atoms with Gasteiger partial charge in [0.2, 0.25) is 0 Å². The Labute approximate surface area is 112 Å². The van der Waals surface area contributed by atoms with Crippen LogP contribution in [0.4, 0.5) is 0 Å². The molecule has 0 atom stereocenters.